The van der Waals surface area contributed by atoms with Crippen molar-refractivity contribution >= 4 is 26.3 Å². The van der Waals surface area contributed by atoms with Crippen molar-refractivity contribution in [3.05, 3.63) is 52.1 Å². The zero-order valence-corrected chi connectivity index (χ0v) is 12.8. The van der Waals surface area contributed by atoms with Crippen LogP contribution in [0.3, 0.4) is 0 Å². The SMILES string of the molecule is Cc1cc(-n2ccc(=N)cn2)ccc1Br.O=S(=O)(O)O. The molecule has 0 spiro atoms. The number of halogens is 1. The number of aryl methyl sites for hydroxylation is 1. The monoisotopic (exact) mass is 361 g/mol. The fraction of sp³-hybridized carbons (Fsp3) is 0.0909. The Hall–Kier alpha value is -1.55. The molecule has 3 N–H and O–H groups in total. The first-order valence-corrected chi connectivity index (χ1v) is 7.42. The summed E-state index contributed by atoms with van der Waals surface area (Å²) in [6, 6.07) is 7.73. The third-order valence-corrected chi connectivity index (χ3v) is 3.01. The highest BCUT2D eigenvalue weighted by molar-refractivity contribution is 9.10. The molecule has 2 rings (SSSR count). The maximum Gasteiger partial charge on any atom is 0.394 e. The van der Waals surface area contributed by atoms with Crippen molar-refractivity contribution in [3.8, 4) is 5.69 Å². The first-order chi connectivity index (χ1) is 9.16. The molecule has 0 unspecified atom stereocenters. The maximum atomic E-state index is 8.74. The lowest BCUT2D eigenvalue weighted by atomic mass is 10.2. The molecule has 0 fully saturated rings. The van der Waals surface area contributed by atoms with Gasteiger partial charge in [0.2, 0.25) is 0 Å². The predicted molar refractivity (Wildman–Crippen MR) is 76.0 cm³/mol. The van der Waals surface area contributed by atoms with Crippen LogP contribution in [0.4, 0.5) is 0 Å². The van der Waals surface area contributed by atoms with Crippen molar-refractivity contribution in [3.63, 3.8) is 0 Å². The minimum Gasteiger partial charge on any atom is -0.299 e. The van der Waals surface area contributed by atoms with E-state index in [4.69, 9.17) is 22.9 Å². The third kappa shape index (κ3) is 6.06. The van der Waals surface area contributed by atoms with Crippen LogP contribution in [-0.2, 0) is 10.4 Å². The van der Waals surface area contributed by atoms with E-state index < -0.39 is 10.4 Å². The summed E-state index contributed by atoms with van der Waals surface area (Å²) in [6.07, 6.45) is 3.31. The van der Waals surface area contributed by atoms with Gasteiger partial charge in [-0.1, -0.05) is 15.9 Å². The van der Waals surface area contributed by atoms with Gasteiger partial charge in [0.05, 0.1) is 17.2 Å². The lowest BCUT2D eigenvalue weighted by molar-refractivity contribution is 0.381. The van der Waals surface area contributed by atoms with Crippen LogP contribution in [0.2, 0.25) is 0 Å². The van der Waals surface area contributed by atoms with E-state index in [-0.39, 0.29) is 0 Å². The second-order valence-electron chi connectivity index (χ2n) is 3.74. The molecule has 0 atom stereocenters. The van der Waals surface area contributed by atoms with E-state index in [0.717, 1.165) is 15.7 Å². The lowest BCUT2D eigenvalue weighted by Gasteiger charge is -2.06. The smallest absolute Gasteiger partial charge is 0.299 e. The van der Waals surface area contributed by atoms with Crippen LogP contribution < -0.4 is 5.36 Å². The van der Waals surface area contributed by atoms with Gasteiger partial charge in [0.1, 0.15) is 0 Å². The minimum atomic E-state index is -4.67. The fourth-order valence-corrected chi connectivity index (χ4v) is 1.53. The van der Waals surface area contributed by atoms with E-state index >= 15 is 0 Å². The lowest BCUT2D eigenvalue weighted by Crippen LogP contribution is -2.06. The van der Waals surface area contributed by atoms with Gasteiger partial charge in [-0.15, -0.1) is 0 Å². The molecule has 0 aliphatic rings. The molecule has 1 aromatic heterocycles. The van der Waals surface area contributed by atoms with E-state index in [1.807, 2.05) is 25.1 Å². The number of hydrogen-bond donors (Lipinski definition) is 3. The summed E-state index contributed by atoms with van der Waals surface area (Å²) in [4.78, 5) is 0. The van der Waals surface area contributed by atoms with Crippen molar-refractivity contribution in [2.45, 2.75) is 6.92 Å². The van der Waals surface area contributed by atoms with Gasteiger partial charge in [-0.05, 0) is 36.8 Å². The Balaban J connectivity index is 0.000000347. The molecular weight excluding hydrogens is 350 g/mol. The summed E-state index contributed by atoms with van der Waals surface area (Å²) >= 11 is 3.45. The van der Waals surface area contributed by atoms with Gasteiger partial charge in [0.25, 0.3) is 0 Å². The highest BCUT2D eigenvalue weighted by atomic mass is 79.9. The number of aromatic nitrogens is 2. The van der Waals surface area contributed by atoms with E-state index in [0.29, 0.717) is 5.36 Å². The van der Waals surface area contributed by atoms with Gasteiger partial charge >= 0.3 is 10.4 Å². The van der Waals surface area contributed by atoms with E-state index in [1.165, 1.54) is 6.20 Å². The van der Waals surface area contributed by atoms with Gasteiger partial charge in [-0.25, -0.2) is 4.68 Å². The number of benzene rings is 1. The summed E-state index contributed by atoms with van der Waals surface area (Å²) in [6.45, 7) is 2.03. The topological polar surface area (TPSA) is 116 Å². The summed E-state index contributed by atoms with van der Waals surface area (Å²) < 4.78 is 34.4. The van der Waals surface area contributed by atoms with Crippen molar-refractivity contribution < 1.29 is 17.5 Å². The highest BCUT2D eigenvalue weighted by Crippen LogP contribution is 2.18. The van der Waals surface area contributed by atoms with Gasteiger partial charge < -0.3 is 0 Å². The Morgan fingerprint density at radius 2 is 1.90 bits per heavy atom. The molecule has 0 saturated carbocycles. The summed E-state index contributed by atoms with van der Waals surface area (Å²) in [5.41, 5.74) is 2.16. The Labute approximate surface area is 124 Å². The predicted octanol–water partition coefficient (Wildman–Crippen LogP) is 1.77. The van der Waals surface area contributed by atoms with Crippen molar-refractivity contribution in [2.24, 2.45) is 0 Å². The van der Waals surface area contributed by atoms with E-state index in [9.17, 15) is 0 Å². The van der Waals surface area contributed by atoms with Crippen LogP contribution >= 0.6 is 15.9 Å². The zero-order valence-electron chi connectivity index (χ0n) is 10.4. The fourth-order valence-electron chi connectivity index (χ4n) is 1.28. The van der Waals surface area contributed by atoms with Crippen molar-refractivity contribution in [1.29, 1.82) is 5.41 Å². The van der Waals surface area contributed by atoms with Gasteiger partial charge in [0, 0.05) is 10.7 Å². The largest absolute Gasteiger partial charge is 0.394 e. The molecule has 9 heteroatoms. The molecule has 0 radical (unpaired) electrons. The molecule has 7 nitrogen and oxygen atoms in total. The van der Waals surface area contributed by atoms with Crippen molar-refractivity contribution in [1.82, 2.24) is 9.78 Å². The molecule has 0 amide bonds. The average Bonchev–Trinajstić information content (AvgIpc) is 2.32. The molecule has 0 bridgehead atoms. The first-order valence-electron chi connectivity index (χ1n) is 5.23. The highest BCUT2D eigenvalue weighted by Gasteiger charge is 1.98. The summed E-state index contributed by atoms with van der Waals surface area (Å²) in [7, 11) is -4.67. The van der Waals surface area contributed by atoms with Crippen LogP contribution in [0.15, 0.2) is 41.1 Å². The number of nitrogens with one attached hydrogen (secondary N) is 1. The normalized spacial score (nSPS) is 10.6. The molecule has 20 heavy (non-hydrogen) atoms. The molecule has 0 aliphatic heterocycles. The van der Waals surface area contributed by atoms with Crippen LogP contribution in [0.1, 0.15) is 5.56 Å². The van der Waals surface area contributed by atoms with Gasteiger partial charge in [-0.2, -0.15) is 13.5 Å². The molecule has 0 aliphatic carbocycles. The Morgan fingerprint density at radius 1 is 1.30 bits per heavy atom. The molecule has 0 saturated heterocycles. The number of nitrogens with zero attached hydrogens (tertiary/aromatic N) is 2. The maximum absolute atomic E-state index is 8.74. The van der Waals surface area contributed by atoms with E-state index in [1.54, 1.807) is 16.9 Å². The molecular formula is C11H12BrN3O4S. The van der Waals surface area contributed by atoms with Crippen molar-refractivity contribution in [2.75, 3.05) is 0 Å². The van der Waals surface area contributed by atoms with Gasteiger partial charge in [-0.3, -0.25) is 14.5 Å². The molecule has 1 heterocycles. The number of rotatable bonds is 1. The quantitative estimate of drug-likeness (QED) is 0.669. The Kier molecular flexibility index (Phi) is 5.57. The Bertz CT molecular complexity index is 730. The van der Waals surface area contributed by atoms with E-state index in [2.05, 4.69) is 21.0 Å². The molecule has 108 valence electrons. The average molecular weight is 362 g/mol. The van der Waals surface area contributed by atoms with Crippen LogP contribution in [0.5, 0.6) is 0 Å². The summed E-state index contributed by atoms with van der Waals surface area (Å²) in [5, 5.41) is 11.9. The van der Waals surface area contributed by atoms with Gasteiger partial charge in [0.15, 0.2) is 0 Å². The standard InChI is InChI=1S/C11H10BrN3.H2O4S/c1-8-6-10(2-3-11(8)12)15-5-4-9(13)7-14-15;1-5(2,3)4/h2-7,13H,1H3;(H2,1,2,3,4). The van der Waals surface area contributed by atoms with Crippen LogP contribution in [0.25, 0.3) is 5.69 Å². The zero-order chi connectivity index (χ0) is 15.3. The number of hydrogen-bond acceptors (Lipinski definition) is 4. The third-order valence-electron chi connectivity index (χ3n) is 2.12. The van der Waals surface area contributed by atoms with Crippen LogP contribution in [-0.4, -0.2) is 27.3 Å². The van der Waals surface area contributed by atoms with Crippen LogP contribution in [0, 0.1) is 12.3 Å². The molecule has 2 aromatic rings. The second kappa shape index (κ2) is 6.75. The summed E-state index contributed by atoms with van der Waals surface area (Å²) in [5.74, 6) is 0. The first kappa shape index (κ1) is 16.5. The second-order valence-corrected chi connectivity index (χ2v) is 5.49. The minimum absolute atomic E-state index is 0.417. The molecule has 1 aromatic carbocycles. The Morgan fingerprint density at radius 3 is 2.35 bits per heavy atom.